The van der Waals surface area contributed by atoms with Crippen LogP contribution in [0.5, 0.6) is 0 Å². The summed E-state index contributed by atoms with van der Waals surface area (Å²) < 4.78 is 5.65. The number of rotatable bonds is 3. The highest BCUT2D eigenvalue weighted by atomic mass is 16.5. The Kier molecular flexibility index (Phi) is 2.62. The molecule has 0 amide bonds. The van der Waals surface area contributed by atoms with Gasteiger partial charge in [-0.15, -0.1) is 0 Å². The molecule has 2 heterocycles. The van der Waals surface area contributed by atoms with Gasteiger partial charge in [0.25, 0.3) is 0 Å². The third-order valence-electron chi connectivity index (χ3n) is 3.66. The van der Waals surface area contributed by atoms with Gasteiger partial charge in [-0.3, -0.25) is 4.98 Å². The molecule has 4 rings (SSSR count). The van der Waals surface area contributed by atoms with Crippen LogP contribution in [0, 0.1) is 0 Å². The molecule has 0 spiro atoms. The molecule has 3 heteroatoms. The van der Waals surface area contributed by atoms with Crippen molar-refractivity contribution in [3.63, 3.8) is 0 Å². The van der Waals surface area contributed by atoms with Gasteiger partial charge in [-0.05, 0) is 30.5 Å². The van der Waals surface area contributed by atoms with E-state index in [9.17, 15) is 0 Å². The molecule has 1 aromatic carbocycles. The van der Waals surface area contributed by atoms with Crippen LogP contribution in [0.4, 0.5) is 0 Å². The zero-order valence-corrected chi connectivity index (χ0v) is 11.0. The summed E-state index contributed by atoms with van der Waals surface area (Å²) in [6.07, 6.45) is 6.00. The van der Waals surface area contributed by atoms with E-state index in [0.717, 1.165) is 28.1 Å². The van der Waals surface area contributed by atoms with Gasteiger partial charge in [-0.1, -0.05) is 35.5 Å². The van der Waals surface area contributed by atoms with Gasteiger partial charge in [-0.2, -0.15) is 0 Å². The van der Waals surface area contributed by atoms with E-state index >= 15 is 0 Å². The van der Waals surface area contributed by atoms with Crippen LogP contribution in [0.25, 0.3) is 22.4 Å². The van der Waals surface area contributed by atoms with E-state index in [4.69, 9.17) is 4.52 Å². The standard InChI is InChI=1S/C17H14N2O/c1-2-5-12(6-3-1)15-16(14-7-4-10-18-11-14)19-20-17(15)13-8-9-13/h1-7,10-11,13H,8-9H2. The lowest BCUT2D eigenvalue weighted by Crippen LogP contribution is -1.86. The van der Waals surface area contributed by atoms with Crippen molar-refractivity contribution in [2.45, 2.75) is 18.8 Å². The molecule has 20 heavy (non-hydrogen) atoms. The third-order valence-corrected chi connectivity index (χ3v) is 3.66. The maximum absolute atomic E-state index is 5.65. The van der Waals surface area contributed by atoms with Crippen LogP contribution in [0.2, 0.25) is 0 Å². The summed E-state index contributed by atoms with van der Waals surface area (Å²) in [5, 5.41) is 4.31. The number of pyridine rings is 1. The Morgan fingerprint density at radius 2 is 1.75 bits per heavy atom. The molecule has 0 unspecified atom stereocenters. The zero-order chi connectivity index (χ0) is 13.4. The van der Waals surface area contributed by atoms with Crippen molar-refractivity contribution in [2.75, 3.05) is 0 Å². The fourth-order valence-electron chi connectivity index (χ4n) is 2.51. The molecule has 0 atom stereocenters. The van der Waals surface area contributed by atoms with Gasteiger partial charge in [0.15, 0.2) is 0 Å². The lowest BCUT2D eigenvalue weighted by atomic mass is 9.98. The molecule has 0 bridgehead atoms. The summed E-state index contributed by atoms with van der Waals surface area (Å²) in [5.41, 5.74) is 4.18. The summed E-state index contributed by atoms with van der Waals surface area (Å²) >= 11 is 0. The van der Waals surface area contributed by atoms with Crippen molar-refractivity contribution in [3.8, 4) is 22.4 Å². The molecule has 2 aromatic heterocycles. The van der Waals surface area contributed by atoms with Crippen LogP contribution < -0.4 is 0 Å². The molecule has 0 saturated heterocycles. The SMILES string of the molecule is c1ccc(-c2c(-c3cccnc3)noc2C2CC2)cc1. The quantitative estimate of drug-likeness (QED) is 0.707. The van der Waals surface area contributed by atoms with E-state index in [2.05, 4.69) is 22.3 Å². The number of hydrogen-bond acceptors (Lipinski definition) is 3. The topological polar surface area (TPSA) is 38.9 Å². The number of hydrogen-bond donors (Lipinski definition) is 0. The maximum atomic E-state index is 5.65. The Hall–Kier alpha value is -2.42. The van der Waals surface area contributed by atoms with Crippen LogP contribution in [-0.4, -0.2) is 10.1 Å². The Labute approximate surface area is 117 Å². The van der Waals surface area contributed by atoms with Crippen molar-refractivity contribution in [1.29, 1.82) is 0 Å². The Bertz CT molecular complexity index is 715. The van der Waals surface area contributed by atoms with E-state index in [1.165, 1.54) is 12.8 Å². The van der Waals surface area contributed by atoms with Gasteiger partial charge in [0.05, 0.1) is 5.56 Å². The van der Waals surface area contributed by atoms with Crippen molar-refractivity contribution < 1.29 is 4.52 Å². The zero-order valence-electron chi connectivity index (χ0n) is 11.0. The van der Waals surface area contributed by atoms with Crippen molar-refractivity contribution in [3.05, 3.63) is 60.6 Å². The van der Waals surface area contributed by atoms with E-state index in [0.29, 0.717) is 5.92 Å². The molecule has 0 aliphatic heterocycles. The molecule has 3 aromatic rings. The normalized spacial score (nSPS) is 14.4. The minimum Gasteiger partial charge on any atom is -0.360 e. The van der Waals surface area contributed by atoms with E-state index in [1.54, 1.807) is 6.20 Å². The van der Waals surface area contributed by atoms with Gasteiger partial charge < -0.3 is 4.52 Å². The average Bonchev–Trinajstić information content (AvgIpc) is 3.27. The first-order valence-corrected chi connectivity index (χ1v) is 6.89. The molecule has 0 radical (unpaired) electrons. The van der Waals surface area contributed by atoms with Gasteiger partial charge in [0.1, 0.15) is 11.5 Å². The maximum Gasteiger partial charge on any atom is 0.148 e. The molecular formula is C17H14N2O. The minimum absolute atomic E-state index is 0.531. The van der Waals surface area contributed by atoms with Crippen LogP contribution in [0.3, 0.4) is 0 Å². The molecule has 1 aliphatic rings. The van der Waals surface area contributed by atoms with Crippen LogP contribution in [-0.2, 0) is 0 Å². The smallest absolute Gasteiger partial charge is 0.148 e. The van der Waals surface area contributed by atoms with Gasteiger partial charge in [-0.25, -0.2) is 0 Å². The number of nitrogens with zero attached hydrogens (tertiary/aromatic N) is 2. The van der Waals surface area contributed by atoms with Gasteiger partial charge in [0.2, 0.25) is 0 Å². The Morgan fingerprint density at radius 1 is 0.950 bits per heavy atom. The van der Waals surface area contributed by atoms with Crippen molar-refractivity contribution >= 4 is 0 Å². The largest absolute Gasteiger partial charge is 0.360 e. The van der Waals surface area contributed by atoms with Gasteiger partial charge >= 0.3 is 0 Å². The highest BCUT2D eigenvalue weighted by molar-refractivity contribution is 5.82. The monoisotopic (exact) mass is 262 g/mol. The highest BCUT2D eigenvalue weighted by Crippen LogP contribution is 2.47. The first kappa shape index (κ1) is 11.4. The van der Waals surface area contributed by atoms with Crippen LogP contribution in [0.1, 0.15) is 24.5 Å². The molecule has 3 nitrogen and oxygen atoms in total. The summed E-state index contributed by atoms with van der Waals surface area (Å²) in [7, 11) is 0. The summed E-state index contributed by atoms with van der Waals surface area (Å²) in [6.45, 7) is 0. The molecule has 1 saturated carbocycles. The first-order chi connectivity index (χ1) is 9.93. The average molecular weight is 262 g/mol. The molecule has 0 N–H and O–H groups in total. The fraction of sp³-hybridized carbons (Fsp3) is 0.176. The predicted octanol–water partition coefficient (Wildman–Crippen LogP) is 4.28. The number of aromatic nitrogens is 2. The van der Waals surface area contributed by atoms with E-state index in [-0.39, 0.29) is 0 Å². The fourth-order valence-corrected chi connectivity index (χ4v) is 2.51. The third kappa shape index (κ3) is 1.92. The van der Waals surface area contributed by atoms with E-state index < -0.39 is 0 Å². The summed E-state index contributed by atoms with van der Waals surface area (Å²) in [6, 6.07) is 14.3. The van der Waals surface area contributed by atoms with Crippen molar-refractivity contribution in [2.24, 2.45) is 0 Å². The minimum atomic E-state index is 0.531. The highest BCUT2D eigenvalue weighted by Gasteiger charge is 2.33. The number of benzene rings is 1. The molecular weight excluding hydrogens is 248 g/mol. The summed E-state index contributed by atoms with van der Waals surface area (Å²) in [5.74, 6) is 1.55. The predicted molar refractivity (Wildman–Crippen MR) is 77.1 cm³/mol. The molecule has 1 aliphatic carbocycles. The Morgan fingerprint density at radius 3 is 2.45 bits per heavy atom. The first-order valence-electron chi connectivity index (χ1n) is 6.89. The lowest BCUT2D eigenvalue weighted by molar-refractivity contribution is 0.387. The van der Waals surface area contributed by atoms with E-state index in [1.807, 2.05) is 36.5 Å². The van der Waals surface area contributed by atoms with Crippen LogP contribution in [0.15, 0.2) is 59.4 Å². The van der Waals surface area contributed by atoms with Gasteiger partial charge in [0, 0.05) is 23.9 Å². The van der Waals surface area contributed by atoms with Crippen molar-refractivity contribution in [1.82, 2.24) is 10.1 Å². The molecule has 1 fully saturated rings. The summed E-state index contributed by atoms with van der Waals surface area (Å²) in [4.78, 5) is 4.18. The van der Waals surface area contributed by atoms with Crippen LogP contribution >= 0.6 is 0 Å². The lowest BCUT2D eigenvalue weighted by Gasteiger charge is -2.03. The second-order valence-corrected chi connectivity index (χ2v) is 5.15. The second-order valence-electron chi connectivity index (χ2n) is 5.15. The Balaban J connectivity index is 1.92. The second kappa shape index (κ2) is 4.60. The molecule has 98 valence electrons.